The Hall–Kier alpha value is -1.56. The highest BCUT2D eigenvalue weighted by molar-refractivity contribution is 7.90. The second-order valence-electron chi connectivity index (χ2n) is 3.99. The molecular weight excluding hydrogens is 256 g/mol. The molecular formula is C12H16O5S. The number of aliphatic carboxylic acids is 1. The van der Waals surface area contributed by atoms with Gasteiger partial charge in [0.2, 0.25) is 0 Å². The van der Waals surface area contributed by atoms with Crippen molar-refractivity contribution in [2.45, 2.75) is 24.2 Å². The second-order valence-corrected chi connectivity index (χ2v) is 6.01. The number of carbonyl (C=O) groups is 1. The topological polar surface area (TPSA) is 80.7 Å². The van der Waals surface area contributed by atoms with Gasteiger partial charge in [-0.05, 0) is 30.5 Å². The number of carboxylic acids is 1. The van der Waals surface area contributed by atoms with Crippen LogP contribution in [0.15, 0.2) is 23.1 Å². The fourth-order valence-electron chi connectivity index (χ4n) is 1.59. The zero-order chi connectivity index (χ0) is 13.8. The number of hydrogen-bond donors (Lipinski definition) is 1. The van der Waals surface area contributed by atoms with Gasteiger partial charge in [0, 0.05) is 12.7 Å². The summed E-state index contributed by atoms with van der Waals surface area (Å²) in [5.41, 5.74) is 0.811. The summed E-state index contributed by atoms with van der Waals surface area (Å²) in [7, 11) is -1.80. The molecule has 0 unspecified atom stereocenters. The first-order valence-corrected chi connectivity index (χ1v) is 7.32. The van der Waals surface area contributed by atoms with E-state index in [4.69, 9.17) is 9.84 Å². The highest BCUT2D eigenvalue weighted by atomic mass is 32.2. The highest BCUT2D eigenvalue weighted by Gasteiger charge is 2.11. The molecule has 1 N–H and O–H groups in total. The van der Waals surface area contributed by atoms with E-state index in [2.05, 4.69) is 0 Å². The molecule has 6 heteroatoms. The van der Waals surface area contributed by atoms with Gasteiger partial charge in [0.25, 0.3) is 0 Å². The Labute approximate surface area is 106 Å². The van der Waals surface area contributed by atoms with E-state index >= 15 is 0 Å². The summed E-state index contributed by atoms with van der Waals surface area (Å²) in [6.07, 6.45) is 2.24. The average Bonchev–Trinajstić information content (AvgIpc) is 2.27. The Morgan fingerprint density at radius 3 is 2.56 bits per heavy atom. The molecule has 0 saturated heterocycles. The lowest BCUT2D eigenvalue weighted by atomic mass is 10.1. The SMILES string of the molecule is COc1cc(S(C)(=O)=O)ccc1CCCC(=O)O. The molecule has 0 aliphatic rings. The van der Waals surface area contributed by atoms with Crippen LogP contribution in [0.1, 0.15) is 18.4 Å². The van der Waals surface area contributed by atoms with Crippen molar-refractivity contribution < 1.29 is 23.1 Å². The normalized spacial score (nSPS) is 11.2. The predicted octanol–water partition coefficient (Wildman–Crippen LogP) is 1.51. The summed E-state index contributed by atoms with van der Waals surface area (Å²) in [6, 6.07) is 4.64. The molecule has 0 atom stereocenters. The maximum Gasteiger partial charge on any atom is 0.303 e. The van der Waals surface area contributed by atoms with E-state index in [1.165, 1.54) is 19.2 Å². The van der Waals surface area contributed by atoms with Gasteiger partial charge in [-0.1, -0.05) is 6.07 Å². The van der Waals surface area contributed by atoms with Crippen LogP contribution in [-0.4, -0.2) is 32.9 Å². The monoisotopic (exact) mass is 272 g/mol. The summed E-state index contributed by atoms with van der Waals surface area (Å²) in [5.74, 6) is -0.370. The van der Waals surface area contributed by atoms with Crippen LogP contribution in [0.25, 0.3) is 0 Å². The number of hydrogen-bond acceptors (Lipinski definition) is 4. The van der Waals surface area contributed by atoms with Crippen LogP contribution in [0.4, 0.5) is 0 Å². The maximum absolute atomic E-state index is 11.4. The lowest BCUT2D eigenvalue weighted by molar-refractivity contribution is -0.137. The van der Waals surface area contributed by atoms with Gasteiger partial charge >= 0.3 is 5.97 Å². The third-order valence-electron chi connectivity index (χ3n) is 2.52. The number of benzene rings is 1. The van der Waals surface area contributed by atoms with Crippen LogP contribution in [0.5, 0.6) is 5.75 Å². The van der Waals surface area contributed by atoms with E-state index in [0.717, 1.165) is 11.8 Å². The van der Waals surface area contributed by atoms with Gasteiger partial charge in [0.05, 0.1) is 12.0 Å². The van der Waals surface area contributed by atoms with Gasteiger partial charge in [-0.15, -0.1) is 0 Å². The smallest absolute Gasteiger partial charge is 0.303 e. The van der Waals surface area contributed by atoms with Gasteiger partial charge in [-0.3, -0.25) is 4.79 Å². The number of methoxy groups -OCH3 is 1. The van der Waals surface area contributed by atoms with E-state index in [0.29, 0.717) is 18.6 Å². The Kier molecular flexibility index (Phi) is 4.72. The van der Waals surface area contributed by atoms with Crippen LogP contribution in [0, 0.1) is 0 Å². The maximum atomic E-state index is 11.4. The lowest BCUT2D eigenvalue weighted by Crippen LogP contribution is -2.01. The van der Waals surface area contributed by atoms with Gasteiger partial charge in [0.15, 0.2) is 9.84 Å². The van der Waals surface area contributed by atoms with Crippen molar-refractivity contribution in [3.63, 3.8) is 0 Å². The molecule has 0 amide bonds. The first-order chi connectivity index (χ1) is 8.34. The molecule has 0 aliphatic carbocycles. The Morgan fingerprint density at radius 1 is 1.39 bits per heavy atom. The van der Waals surface area contributed by atoms with Crippen molar-refractivity contribution in [3.8, 4) is 5.75 Å². The summed E-state index contributed by atoms with van der Waals surface area (Å²) >= 11 is 0. The third kappa shape index (κ3) is 4.03. The number of ether oxygens (including phenoxy) is 1. The molecule has 0 bridgehead atoms. The fraction of sp³-hybridized carbons (Fsp3) is 0.417. The Balaban J connectivity index is 2.90. The largest absolute Gasteiger partial charge is 0.496 e. The van der Waals surface area contributed by atoms with Crippen LogP contribution in [0.2, 0.25) is 0 Å². The highest BCUT2D eigenvalue weighted by Crippen LogP contribution is 2.24. The predicted molar refractivity (Wildman–Crippen MR) is 66.7 cm³/mol. The number of rotatable bonds is 6. The molecule has 0 heterocycles. The average molecular weight is 272 g/mol. The van der Waals surface area contributed by atoms with Gasteiger partial charge in [0.1, 0.15) is 5.75 Å². The van der Waals surface area contributed by atoms with Gasteiger partial charge < -0.3 is 9.84 Å². The minimum absolute atomic E-state index is 0.0803. The van der Waals surface area contributed by atoms with E-state index < -0.39 is 15.8 Å². The van der Waals surface area contributed by atoms with Gasteiger partial charge in [-0.2, -0.15) is 0 Å². The fourth-order valence-corrected chi connectivity index (χ4v) is 2.23. The molecule has 0 radical (unpaired) electrons. The summed E-state index contributed by atoms with van der Waals surface area (Å²) in [6.45, 7) is 0. The van der Waals surface area contributed by atoms with Crippen molar-refractivity contribution in [2.24, 2.45) is 0 Å². The van der Waals surface area contributed by atoms with Crippen LogP contribution < -0.4 is 4.74 Å². The first-order valence-electron chi connectivity index (χ1n) is 5.43. The van der Waals surface area contributed by atoms with Crippen LogP contribution in [0.3, 0.4) is 0 Å². The minimum Gasteiger partial charge on any atom is -0.496 e. The minimum atomic E-state index is -3.26. The summed E-state index contributed by atoms with van der Waals surface area (Å²) in [4.78, 5) is 10.6. The quantitative estimate of drug-likeness (QED) is 0.849. The van der Waals surface area contributed by atoms with Crippen molar-refractivity contribution >= 4 is 15.8 Å². The summed E-state index contributed by atoms with van der Waals surface area (Å²) in [5, 5.41) is 8.56. The zero-order valence-corrected chi connectivity index (χ0v) is 11.2. The lowest BCUT2D eigenvalue weighted by Gasteiger charge is -2.09. The van der Waals surface area contributed by atoms with Crippen molar-refractivity contribution in [2.75, 3.05) is 13.4 Å². The first kappa shape index (κ1) is 14.5. The van der Waals surface area contributed by atoms with Crippen molar-refractivity contribution in [1.82, 2.24) is 0 Å². The number of carboxylic acid groups (broad SMARTS) is 1. The third-order valence-corrected chi connectivity index (χ3v) is 3.63. The summed E-state index contributed by atoms with van der Waals surface area (Å²) < 4.78 is 27.9. The molecule has 0 aliphatic heterocycles. The molecule has 0 fully saturated rings. The van der Waals surface area contributed by atoms with E-state index in [-0.39, 0.29) is 11.3 Å². The van der Waals surface area contributed by atoms with E-state index in [1.54, 1.807) is 6.07 Å². The molecule has 5 nitrogen and oxygen atoms in total. The molecule has 0 spiro atoms. The Morgan fingerprint density at radius 2 is 2.06 bits per heavy atom. The standard InChI is InChI=1S/C12H16O5S/c1-17-11-8-10(18(2,15)16)7-6-9(11)4-3-5-12(13)14/h6-8H,3-5H2,1-2H3,(H,13,14). The molecule has 18 heavy (non-hydrogen) atoms. The molecule has 0 saturated carbocycles. The van der Waals surface area contributed by atoms with Crippen molar-refractivity contribution in [3.05, 3.63) is 23.8 Å². The van der Waals surface area contributed by atoms with Crippen molar-refractivity contribution in [1.29, 1.82) is 0 Å². The van der Waals surface area contributed by atoms with Gasteiger partial charge in [-0.25, -0.2) is 8.42 Å². The van der Waals surface area contributed by atoms with E-state index in [9.17, 15) is 13.2 Å². The Bertz CT molecular complexity index is 533. The number of sulfone groups is 1. The van der Waals surface area contributed by atoms with E-state index in [1.807, 2.05) is 0 Å². The van der Waals surface area contributed by atoms with Crippen LogP contribution >= 0.6 is 0 Å². The zero-order valence-electron chi connectivity index (χ0n) is 10.3. The molecule has 1 rings (SSSR count). The number of aryl methyl sites for hydroxylation is 1. The second kappa shape index (κ2) is 5.86. The molecule has 0 aromatic heterocycles. The molecule has 1 aromatic carbocycles. The molecule has 1 aromatic rings. The van der Waals surface area contributed by atoms with Crippen LogP contribution in [-0.2, 0) is 21.1 Å². The molecule has 100 valence electrons.